The van der Waals surface area contributed by atoms with Gasteiger partial charge in [-0.3, -0.25) is 9.59 Å². The Morgan fingerprint density at radius 2 is 1.85 bits per heavy atom. The highest BCUT2D eigenvalue weighted by molar-refractivity contribution is 6.07. The van der Waals surface area contributed by atoms with Crippen molar-refractivity contribution >= 4 is 34.2 Å². The van der Waals surface area contributed by atoms with Crippen molar-refractivity contribution < 1.29 is 19.1 Å². The molecular weight excluding hydrogens is 437 g/mol. The molecule has 2 aromatic carbocycles. The topological polar surface area (TPSA) is 111 Å². The maximum atomic E-state index is 14.0. The molecule has 0 unspecified atom stereocenters. The minimum atomic E-state index is -1.04. The monoisotopic (exact) mass is 465 g/mol. The number of carboxylic acid groups (broad SMARTS) is 1. The second kappa shape index (κ2) is 10.1. The van der Waals surface area contributed by atoms with E-state index in [1.165, 1.54) is 43.5 Å². The Bertz CT molecular complexity index is 1300. The highest BCUT2D eigenvalue weighted by Gasteiger charge is 2.19. The van der Waals surface area contributed by atoms with Crippen LogP contribution in [0.4, 0.5) is 15.8 Å². The number of fused-ring (bicyclic) bond motifs is 1. The summed E-state index contributed by atoms with van der Waals surface area (Å²) in [5, 5.41) is 15.4. The molecule has 0 aliphatic heterocycles. The average Bonchev–Trinajstić information content (AvgIpc) is 2.83. The molecule has 1 amide bonds. The molecule has 0 bridgehead atoms. The highest BCUT2D eigenvalue weighted by atomic mass is 19.1. The van der Waals surface area contributed by atoms with E-state index in [9.17, 15) is 23.9 Å². The molecule has 4 rings (SSSR count). The molecule has 0 spiro atoms. The molecule has 1 aromatic heterocycles. The summed E-state index contributed by atoms with van der Waals surface area (Å²) in [5.74, 6) is -1.58. The number of rotatable bonds is 7. The van der Waals surface area contributed by atoms with Crippen molar-refractivity contribution in [2.75, 3.05) is 17.7 Å². The number of hydrogen-bond acceptors (Lipinski definition) is 4. The first kappa shape index (κ1) is 23.5. The fourth-order valence-corrected chi connectivity index (χ4v) is 4.73. The minimum Gasteiger partial charge on any atom is -0.478 e. The van der Waals surface area contributed by atoms with Crippen molar-refractivity contribution in [3.8, 4) is 0 Å². The number of hydrogen-bond donors (Lipinski definition) is 4. The first-order chi connectivity index (χ1) is 16.4. The smallest absolute Gasteiger partial charge is 0.335 e. The van der Waals surface area contributed by atoms with Crippen LogP contribution in [0.15, 0.2) is 41.2 Å². The molecule has 8 heteroatoms. The number of H-pyrrole nitrogens is 1. The number of benzene rings is 2. The summed E-state index contributed by atoms with van der Waals surface area (Å²) in [6.45, 7) is 0. The third-order valence-electron chi connectivity index (χ3n) is 6.58. The molecule has 178 valence electrons. The Morgan fingerprint density at radius 3 is 2.56 bits per heavy atom. The molecule has 1 aliphatic carbocycles. The van der Waals surface area contributed by atoms with Gasteiger partial charge in [0.25, 0.3) is 11.5 Å². The largest absolute Gasteiger partial charge is 0.478 e. The van der Waals surface area contributed by atoms with Crippen LogP contribution in [0.2, 0.25) is 0 Å². The number of aromatic amines is 1. The minimum absolute atomic E-state index is 0.148. The number of aromatic carboxylic acids is 1. The lowest BCUT2D eigenvalue weighted by Gasteiger charge is -2.22. The standard InChI is InChI=1S/C26H28FN3O4/c1-28-22-14-19(27)12-18-13-20(25(32)30-23(18)22)24(31)29-21-10-9-17(26(33)34)11-16(21)8-7-15-5-3-2-4-6-15/h9-15,28H,2-8H2,1H3,(H,29,31)(H,30,32)(H,33,34). The number of aromatic nitrogens is 1. The summed E-state index contributed by atoms with van der Waals surface area (Å²) in [5.41, 5.74) is 1.41. The van der Waals surface area contributed by atoms with Gasteiger partial charge in [0, 0.05) is 18.1 Å². The second-order valence-electron chi connectivity index (χ2n) is 8.85. The Labute approximate surface area is 196 Å². The molecule has 7 nitrogen and oxygen atoms in total. The number of carboxylic acids is 1. The molecule has 0 saturated heterocycles. The van der Waals surface area contributed by atoms with Crippen LogP contribution in [0.1, 0.15) is 64.8 Å². The summed E-state index contributed by atoms with van der Waals surface area (Å²) in [4.78, 5) is 39.9. The van der Waals surface area contributed by atoms with Crippen molar-refractivity contribution in [3.05, 3.63) is 69.3 Å². The van der Waals surface area contributed by atoms with Gasteiger partial charge in [0.05, 0.1) is 16.8 Å². The molecule has 1 aliphatic rings. The number of pyridine rings is 1. The lowest BCUT2D eigenvalue weighted by molar-refractivity contribution is 0.0696. The van der Waals surface area contributed by atoms with Crippen molar-refractivity contribution in [2.45, 2.75) is 44.9 Å². The average molecular weight is 466 g/mol. The van der Waals surface area contributed by atoms with Gasteiger partial charge in [-0.2, -0.15) is 0 Å². The van der Waals surface area contributed by atoms with Crippen LogP contribution in [0.3, 0.4) is 0 Å². The molecule has 1 heterocycles. The fraction of sp³-hybridized carbons (Fsp3) is 0.346. The number of nitrogens with one attached hydrogen (secondary N) is 3. The first-order valence-electron chi connectivity index (χ1n) is 11.6. The quantitative estimate of drug-likeness (QED) is 0.385. The van der Waals surface area contributed by atoms with Gasteiger partial charge in [-0.15, -0.1) is 0 Å². The van der Waals surface area contributed by atoms with E-state index in [1.807, 2.05) is 0 Å². The molecule has 1 saturated carbocycles. The predicted molar refractivity (Wildman–Crippen MR) is 130 cm³/mol. The lowest BCUT2D eigenvalue weighted by Crippen LogP contribution is -2.24. The lowest BCUT2D eigenvalue weighted by atomic mass is 9.85. The van der Waals surface area contributed by atoms with E-state index in [1.54, 1.807) is 19.2 Å². The van der Waals surface area contributed by atoms with Crippen LogP contribution in [0, 0.1) is 11.7 Å². The van der Waals surface area contributed by atoms with E-state index in [-0.39, 0.29) is 11.1 Å². The van der Waals surface area contributed by atoms with E-state index in [2.05, 4.69) is 15.6 Å². The van der Waals surface area contributed by atoms with Crippen LogP contribution in [-0.2, 0) is 6.42 Å². The van der Waals surface area contributed by atoms with Crippen LogP contribution >= 0.6 is 0 Å². The van der Waals surface area contributed by atoms with Gasteiger partial charge < -0.3 is 20.7 Å². The second-order valence-corrected chi connectivity index (χ2v) is 8.85. The van der Waals surface area contributed by atoms with E-state index in [0.717, 1.165) is 24.8 Å². The number of carbonyl (C=O) groups excluding carboxylic acids is 1. The molecule has 34 heavy (non-hydrogen) atoms. The third-order valence-corrected chi connectivity index (χ3v) is 6.58. The summed E-state index contributed by atoms with van der Waals surface area (Å²) < 4.78 is 14.0. The number of carbonyl (C=O) groups is 2. The summed E-state index contributed by atoms with van der Waals surface area (Å²) in [6.07, 6.45) is 7.55. The Kier molecular flexibility index (Phi) is 6.95. The molecule has 0 atom stereocenters. The molecule has 3 aromatic rings. The zero-order valence-corrected chi connectivity index (χ0v) is 19.0. The maximum Gasteiger partial charge on any atom is 0.335 e. The van der Waals surface area contributed by atoms with Gasteiger partial charge in [0.15, 0.2) is 0 Å². The van der Waals surface area contributed by atoms with Gasteiger partial charge in [0.2, 0.25) is 0 Å². The van der Waals surface area contributed by atoms with Crippen LogP contribution in [0.25, 0.3) is 10.9 Å². The maximum absolute atomic E-state index is 14.0. The summed E-state index contributed by atoms with van der Waals surface area (Å²) in [7, 11) is 1.61. The number of aryl methyl sites for hydroxylation is 1. The summed E-state index contributed by atoms with van der Waals surface area (Å²) >= 11 is 0. The molecule has 4 N–H and O–H groups in total. The van der Waals surface area contributed by atoms with Crippen molar-refractivity contribution in [3.63, 3.8) is 0 Å². The van der Waals surface area contributed by atoms with Gasteiger partial charge in [-0.05, 0) is 60.7 Å². The van der Waals surface area contributed by atoms with E-state index >= 15 is 0 Å². The fourth-order valence-electron chi connectivity index (χ4n) is 4.73. The zero-order chi connectivity index (χ0) is 24.2. The Morgan fingerprint density at radius 1 is 1.09 bits per heavy atom. The zero-order valence-electron chi connectivity index (χ0n) is 19.0. The van der Waals surface area contributed by atoms with Gasteiger partial charge in [-0.1, -0.05) is 32.1 Å². The molecule has 0 radical (unpaired) electrons. The van der Waals surface area contributed by atoms with Crippen molar-refractivity contribution in [1.82, 2.24) is 4.98 Å². The third kappa shape index (κ3) is 5.11. The summed E-state index contributed by atoms with van der Waals surface area (Å²) in [6, 6.07) is 8.45. The van der Waals surface area contributed by atoms with E-state index in [0.29, 0.717) is 34.6 Å². The van der Waals surface area contributed by atoms with Gasteiger partial charge >= 0.3 is 5.97 Å². The number of amides is 1. The number of halogens is 1. The van der Waals surface area contributed by atoms with Crippen LogP contribution < -0.4 is 16.2 Å². The van der Waals surface area contributed by atoms with Gasteiger partial charge in [-0.25, -0.2) is 9.18 Å². The molecular formula is C26H28FN3O4. The Balaban J connectivity index is 1.63. The molecule has 1 fully saturated rings. The predicted octanol–water partition coefficient (Wildman–Crippen LogP) is 5.17. The van der Waals surface area contributed by atoms with Crippen molar-refractivity contribution in [1.29, 1.82) is 0 Å². The normalized spacial score (nSPS) is 14.2. The Hall–Kier alpha value is -3.68. The van der Waals surface area contributed by atoms with E-state index < -0.39 is 23.3 Å². The van der Waals surface area contributed by atoms with E-state index in [4.69, 9.17) is 0 Å². The van der Waals surface area contributed by atoms with Crippen molar-refractivity contribution in [2.24, 2.45) is 5.92 Å². The number of anilines is 2. The first-order valence-corrected chi connectivity index (χ1v) is 11.6. The SMILES string of the molecule is CNc1cc(F)cc2cc(C(=O)Nc3ccc(C(=O)O)cc3CCC3CCCCC3)c(=O)[nH]c12. The van der Waals surface area contributed by atoms with Crippen LogP contribution in [0.5, 0.6) is 0 Å². The van der Waals surface area contributed by atoms with Crippen LogP contribution in [-0.4, -0.2) is 29.0 Å². The highest BCUT2D eigenvalue weighted by Crippen LogP contribution is 2.30. The van der Waals surface area contributed by atoms with Gasteiger partial charge in [0.1, 0.15) is 11.4 Å².